The molecule has 188 valence electrons. The molecule has 1 amide bonds. The average molecular weight is 496 g/mol. The van der Waals surface area contributed by atoms with Crippen LogP contribution in [0.25, 0.3) is 22.4 Å². The van der Waals surface area contributed by atoms with Crippen LogP contribution in [0, 0.1) is 6.92 Å². The number of hydrogen-bond acceptors (Lipinski definition) is 4. The van der Waals surface area contributed by atoms with E-state index in [9.17, 15) is 14.7 Å². The van der Waals surface area contributed by atoms with Gasteiger partial charge in [-0.15, -0.1) is 0 Å². The molecule has 2 N–H and O–H groups in total. The zero-order valence-electron chi connectivity index (χ0n) is 21.1. The summed E-state index contributed by atoms with van der Waals surface area (Å²) in [4.78, 5) is 24.3. The first kappa shape index (κ1) is 24.3. The number of anilines is 1. The number of amides is 1. The first-order valence-corrected chi connectivity index (χ1v) is 12.3. The molecule has 1 atom stereocenters. The molecule has 1 aliphatic rings. The Labute approximate surface area is 215 Å². The zero-order chi connectivity index (χ0) is 26.2. The highest BCUT2D eigenvalue weighted by molar-refractivity contribution is 5.92. The number of carbonyl (C=O) groups excluding carboxylic acids is 1. The first-order chi connectivity index (χ1) is 17.8. The van der Waals surface area contributed by atoms with Crippen molar-refractivity contribution in [3.63, 3.8) is 0 Å². The smallest absolute Gasteiger partial charge is 0.412 e. The Morgan fingerprint density at radius 2 is 1.51 bits per heavy atom. The van der Waals surface area contributed by atoms with Crippen molar-refractivity contribution in [2.75, 3.05) is 5.32 Å². The van der Waals surface area contributed by atoms with E-state index in [2.05, 4.69) is 10.4 Å². The molecule has 1 aliphatic carbocycles. The Morgan fingerprint density at radius 3 is 2.08 bits per heavy atom. The minimum Gasteiger partial charge on any atom is -0.481 e. The zero-order valence-corrected chi connectivity index (χ0v) is 21.1. The maximum Gasteiger partial charge on any atom is 0.412 e. The van der Waals surface area contributed by atoms with E-state index >= 15 is 0 Å². The van der Waals surface area contributed by atoms with Crippen molar-refractivity contribution in [3.05, 3.63) is 95.7 Å². The Bertz CT molecular complexity index is 1440. The van der Waals surface area contributed by atoms with E-state index in [1.165, 1.54) is 0 Å². The molecule has 0 aliphatic heterocycles. The number of carboxylic acid groups (broad SMARTS) is 1. The number of nitrogens with one attached hydrogen (secondary N) is 1. The predicted octanol–water partition coefficient (Wildman–Crippen LogP) is 6.49. The largest absolute Gasteiger partial charge is 0.481 e. The molecule has 0 radical (unpaired) electrons. The summed E-state index contributed by atoms with van der Waals surface area (Å²) in [6.07, 6.45) is 0.446. The Balaban J connectivity index is 1.33. The van der Waals surface area contributed by atoms with Gasteiger partial charge < -0.3 is 9.84 Å². The van der Waals surface area contributed by atoms with Gasteiger partial charge in [0.2, 0.25) is 0 Å². The van der Waals surface area contributed by atoms with Crippen molar-refractivity contribution in [2.24, 2.45) is 7.05 Å². The normalized spacial score (nSPS) is 14.6. The molecule has 3 aromatic carbocycles. The van der Waals surface area contributed by atoms with Gasteiger partial charge in [-0.3, -0.25) is 14.8 Å². The minimum atomic E-state index is -0.752. The molecule has 7 nitrogen and oxygen atoms in total. The maximum atomic E-state index is 12.7. The molecule has 1 heterocycles. The molecular formula is C30H29N3O4. The van der Waals surface area contributed by atoms with Crippen LogP contribution in [0.3, 0.4) is 0 Å². The Morgan fingerprint density at radius 1 is 0.946 bits per heavy atom. The summed E-state index contributed by atoms with van der Waals surface area (Å²) in [5.41, 5.74) is 6.01. The van der Waals surface area contributed by atoms with Crippen LogP contribution in [-0.4, -0.2) is 26.9 Å². The predicted molar refractivity (Wildman–Crippen MR) is 142 cm³/mol. The Hall–Kier alpha value is -4.39. The van der Waals surface area contributed by atoms with Crippen molar-refractivity contribution in [2.45, 2.75) is 38.2 Å². The van der Waals surface area contributed by atoms with Gasteiger partial charge in [0.25, 0.3) is 0 Å². The minimum absolute atomic E-state index is 0.391. The van der Waals surface area contributed by atoms with Gasteiger partial charge in [-0.2, -0.15) is 5.10 Å². The van der Waals surface area contributed by atoms with Crippen LogP contribution in [0.4, 0.5) is 10.5 Å². The highest BCUT2D eigenvalue weighted by Crippen LogP contribution is 2.48. The molecule has 37 heavy (non-hydrogen) atoms. The van der Waals surface area contributed by atoms with Crippen LogP contribution in [0.1, 0.15) is 42.7 Å². The number of nitrogens with zero attached hydrogens (tertiary/aromatic N) is 2. The van der Waals surface area contributed by atoms with E-state index in [0.29, 0.717) is 24.2 Å². The van der Waals surface area contributed by atoms with Gasteiger partial charge >= 0.3 is 12.1 Å². The number of aromatic nitrogens is 2. The van der Waals surface area contributed by atoms with Crippen LogP contribution in [0.15, 0.2) is 78.9 Å². The Kier molecular flexibility index (Phi) is 6.29. The lowest BCUT2D eigenvalue weighted by Crippen LogP contribution is -2.19. The van der Waals surface area contributed by atoms with Crippen molar-refractivity contribution in [1.29, 1.82) is 0 Å². The van der Waals surface area contributed by atoms with Crippen molar-refractivity contribution >= 4 is 17.7 Å². The standard InChI is InChI=1S/C30H29N3O4/c1-19-26(31-29(36)37-20(2)21-7-5-4-6-8-21)27(32-33(19)3)24-11-9-22(10-12-24)23-13-15-25(16-14-23)30(17-18-30)28(34)35/h4-16,20H,17-18H2,1-3H3,(H,31,36)(H,34,35)/t20-/m1/s1. The van der Waals surface area contributed by atoms with Gasteiger partial charge in [0.1, 0.15) is 11.8 Å². The summed E-state index contributed by atoms with van der Waals surface area (Å²) in [7, 11) is 1.83. The highest BCUT2D eigenvalue weighted by Gasteiger charge is 2.51. The van der Waals surface area contributed by atoms with Crippen molar-refractivity contribution in [1.82, 2.24) is 9.78 Å². The number of aliphatic carboxylic acids is 1. The molecule has 7 heteroatoms. The van der Waals surface area contributed by atoms with Gasteiger partial charge in [-0.05, 0) is 48.9 Å². The third kappa shape index (κ3) is 4.72. The maximum absolute atomic E-state index is 12.7. The molecule has 0 saturated heterocycles. The lowest BCUT2D eigenvalue weighted by molar-refractivity contribution is -0.140. The third-order valence-corrected chi connectivity index (χ3v) is 7.20. The third-order valence-electron chi connectivity index (χ3n) is 7.20. The van der Waals surface area contributed by atoms with E-state index in [1.54, 1.807) is 4.68 Å². The number of carboxylic acids is 1. The molecule has 5 rings (SSSR count). The highest BCUT2D eigenvalue weighted by atomic mass is 16.6. The summed E-state index contributed by atoms with van der Waals surface area (Å²) >= 11 is 0. The van der Waals surface area contributed by atoms with Gasteiger partial charge in [-0.1, -0.05) is 78.9 Å². The molecule has 0 bridgehead atoms. The van der Waals surface area contributed by atoms with Crippen LogP contribution < -0.4 is 5.32 Å². The second-order valence-electron chi connectivity index (χ2n) is 9.56. The van der Waals surface area contributed by atoms with Crippen molar-refractivity contribution in [3.8, 4) is 22.4 Å². The van der Waals surface area contributed by atoms with Gasteiger partial charge in [0, 0.05) is 12.6 Å². The summed E-state index contributed by atoms with van der Waals surface area (Å²) < 4.78 is 7.33. The van der Waals surface area contributed by atoms with Gasteiger partial charge in [0.15, 0.2) is 0 Å². The summed E-state index contributed by atoms with van der Waals surface area (Å²) in [5.74, 6) is -0.752. The van der Waals surface area contributed by atoms with Crippen LogP contribution in [0.5, 0.6) is 0 Å². The van der Waals surface area contributed by atoms with E-state index in [1.807, 2.05) is 99.8 Å². The summed E-state index contributed by atoms with van der Waals surface area (Å²) in [6.45, 7) is 3.73. The van der Waals surface area contributed by atoms with E-state index in [0.717, 1.165) is 33.5 Å². The molecule has 1 saturated carbocycles. The molecule has 1 aromatic heterocycles. The number of carbonyl (C=O) groups is 2. The topological polar surface area (TPSA) is 93.4 Å². The number of aryl methyl sites for hydroxylation is 1. The quantitative estimate of drug-likeness (QED) is 0.306. The molecular weight excluding hydrogens is 466 g/mol. The molecule has 0 unspecified atom stereocenters. The SMILES string of the molecule is Cc1c(NC(=O)O[C@H](C)c2ccccc2)c(-c2ccc(-c3ccc(C4(C(=O)O)CC4)cc3)cc2)nn1C. The fourth-order valence-corrected chi connectivity index (χ4v) is 4.60. The second-order valence-corrected chi connectivity index (χ2v) is 9.56. The van der Waals surface area contributed by atoms with E-state index in [4.69, 9.17) is 4.74 Å². The molecule has 4 aromatic rings. The average Bonchev–Trinajstić information content (AvgIpc) is 3.68. The lowest BCUT2D eigenvalue weighted by Gasteiger charge is -2.15. The first-order valence-electron chi connectivity index (χ1n) is 12.3. The molecule has 1 fully saturated rings. The second kappa shape index (κ2) is 9.58. The van der Waals surface area contributed by atoms with Gasteiger partial charge in [0.05, 0.1) is 16.8 Å². The molecule has 0 spiro atoms. The fraction of sp³-hybridized carbons (Fsp3) is 0.233. The van der Waals surface area contributed by atoms with E-state index in [-0.39, 0.29) is 0 Å². The number of ether oxygens (including phenoxy) is 1. The summed E-state index contributed by atoms with van der Waals surface area (Å²) in [6, 6.07) is 25.3. The van der Waals surface area contributed by atoms with Crippen LogP contribution in [-0.2, 0) is 22.0 Å². The van der Waals surface area contributed by atoms with Crippen LogP contribution >= 0.6 is 0 Å². The lowest BCUT2D eigenvalue weighted by atomic mass is 9.93. The van der Waals surface area contributed by atoms with Crippen LogP contribution in [0.2, 0.25) is 0 Å². The van der Waals surface area contributed by atoms with Gasteiger partial charge in [-0.25, -0.2) is 4.79 Å². The monoisotopic (exact) mass is 495 g/mol. The summed E-state index contributed by atoms with van der Waals surface area (Å²) in [5, 5.41) is 17.0. The van der Waals surface area contributed by atoms with Crippen molar-refractivity contribution < 1.29 is 19.4 Å². The fourth-order valence-electron chi connectivity index (χ4n) is 4.60. The number of benzene rings is 3. The van der Waals surface area contributed by atoms with E-state index < -0.39 is 23.6 Å². The number of rotatable bonds is 7. The number of hydrogen-bond donors (Lipinski definition) is 2.